The maximum absolute atomic E-state index is 12.9. The number of nitrogens with one attached hydrogen (secondary N) is 2. The van der Waals surface area contributed by atoms with Gasteiger partial charge in [0.05, 0.1) is 29.2 Å². The molecule has 1 atom stereocenters. The molecule has 1 aromatic carbocycles. The summed E-state index contributed by atoms with van der Waals surface area (Å²) in [5, 5.41) is 5.82. The molecule has 1 saturated carbocycles. The first-order chi connectivity index (χ1) is 13.2. The summed E-state index contributed by atoms with van der Waals surface area (Å²) in [5.41, 5.74) is 1.55. The van der Waals surface area contributed by atoms with Crippen LogP contribution in [0.4, 0.5) is 5.82 Å². The normalized spacial score (nSPS) is 20.6. The third-order valence-corrected chi connectivity index (χ3v) is 6.57. The Labute approximate surface area is 162 Å². The minimum atomic E-state index is -0.178. The lowest BCUT2D eigenvalue weighted by atomic mass is 9.95. The van der Waals surface area contributed by atoms with Gasteiger partial charge in [0.2, 0.25) is 5.91 Å². The largest absolute Gasteiger partial charge is 0.494 e. The van der Waals surface area contributed by atoms with Gasteiger partial charge in [-0.05, 0) is 37.5 Å². The molecule has 0 bridgehead atoms. The van der Waals surface area contributed by atoms with Gasteiger partial charge in [0.15, 0.2) is 0 Å². The first-order valence-corrected chi connectivity index (χ1v) is 10.7. The maximum atomic E-state index is 12.9. The van der Waals surface area contributed by atoms with Gasteiger partial charge in [0.1, 0.15) is 11.6 Å². The number of fused-ring (bicyclic) bond motifs is 1. The van der Waals surface area contributed by atoms with Gasteiger partial charge >= 0.3 is 0 Å². The summed E-state index contributed by atoms with van der Waals surface area (Å²) in [6.07, 6.45) is 5.62. The Morgan fingerprint density at radius 1 is 1.15 bits per heavy atom. The summed E-state index contributed by atoms with van der Waals surface area (Å²) in [6.45, 7) is 2.57. The highest BCUT2D eigenvalue weighted by Gasteiger charge is 2.32. The second-order valence-electron chi connectivity index (χ2n) is 7.11. The Balaban J connectivity index is 1.74. The minimum Gasteiger partial charge on any atom is -0.494 e. The van der Waals surface area contributed by atoms with E-state index in [2.05, 4.69) is 10.4 Å². The van der Waals surface area contributed by atoms with Crippen LogP contribution in [0.5, 0.6) is 5.75 Å². The van der Waals surface area contributed by atoms with E-state index < -0.39 is 0 Å². The predicted octanol–water partition coefficient (Wildman–Crippen LogP) is 3.86. The SMILES string of the molecule is CCOc1ccc(C2SCC(=O)Nc3c2c(=O)[nH]n3C2CCCCC2)cc1. The Hall–Kier alpha value is -2.15. The molecule has 0 spiro atoms. The summed E-state index contributed by atoms with van der Waals surface area (Å²) < 4.78 is 7.44. The van der Waals surface area contributed by atoms with Gasteiger partial charge in [-0.25, -0.2) is 0 Å². The molecule has 4 rings (SSSR count). The van der Waals surface area contributed by atoms with Crippen molar-refractivity contribution in [2.45, 2.75) is 50.3 Å². The quantitative estimate of drug-likeness (QED) is 0.835. The maximum Gasteiger partial charge on any atom is 0.270 e. The number of ether oxygens (including phenoxy) is 1. The second-order valence-corrected chi connectivity index (χ2v) is 8.20. The van der Waals surface area contributed by atoms with Crippen molar-refractivity contribution in [1.82, 2.24) is 9.78 Å². The summed E-state index contributed by atoms with van der Waals surface area (Å²) in [6, 6.07) is 8.07. The monoisotopic (exact) mass is 387 g/mol. The Morgan fingerprint density at radius 3 is 2.59 bits per heavy atom. The average Bonchev–Trinajstić information content (AvgIpc) is 2.89. The van der Waals surface area contributed by atoms with Crippen molar-refractivity contribution < 1.29 is 9.53 Å². The number of amides is 1. The molecule has 1 aromatic heterocycles. The second kappa shape index (κ2) is 7.84. The first kappa shape index (κ1) is 18.2. The summed E-state index contributed by atoms with van der Waals surface area (Å²) in [5.74, 6) is 1.73. The number of carbonyl (C=O) groups is 1. The van der Waals surface area contributed by atoms with Gasteiger partial charge in [-0.15, -0.1) is 11.8 Å². The van der Waals surface area contributed by atoms with Crippen LogP contribution in [0, 0.1) is 0 Å². The molecule has 27 heavy (non-hydrogen) atoms. The summed E-state index contributed by atoms with van der Waals surface area (Å²) in [4.78, 5) is 25.2. The van der Waals surface area contributed by atoms with Crippen LogP contribution in [0.25, 0.3) is 0 Å². The zero-order valence-corrected chi connectivity index (χ0v) is 16.3. The van der Waals surface area contributed by atoms with Gasteiger partial charge in [0.25, 0.3) is 5.56 Å². The molecule has 1 aliphatic heterocycles. The molecule has 1 aliphatic carbocycles. The van der Waals surface area contributed by atoms with E-state index >= 15 is 0 Å². The van der Waals surface area contributed by atoms with Crippen LogP contribution >= 0.6 is 11.8 Å². The molecule has 1 unspecified atom stereocenters. The number of hydrogen-bond donors (Lipinski definition) is 2. The molecule has 2 heterocycles. The Bertz CT molecular complexity index is 866. The number of aromatic nitrogens is 2. The lowest BCUT2D eigenvalue weighted by molar-refractivity contribution is -0.113. The molecule has 144 valence electrons. The molecule has 2 N–H and O–H groups in total. The molecule has 0 radical (unpaired) electrons. The minimum absolute atomic E-state index is 0.0572. The molecule has 2 aliphatic rings. The van der Waals surface area contributed by atoms with Gasteiger partial charge in [-0.3, -0.25) is 19.4 Å². The third-order valence-electron chi connectivity index (χ3n) is 5.30. The van der Waals surface area contributed by atoms with Gasteiger partial charge < -0.3 is 10.1 Å². The van der Waals surface area contributed by atoms with Crippen LogP contribution in [-0.4, -0.2) is 28.0 Å². The first-order valence-electron chi connectivity index (χ1n) is 9.66. The van der Waals surface area contributed by atoms with E-state index in [4.69, 9.17) is 4.74 Å². The van der Waals surface area contributed by atoms with Gasteiger partial charge in [-0.1, -0.05) is 31.4 Å². The van der Waals surface area contributed by atoms with Crippen molar-refractivity contribution in [3.05, 3.63) is 45.7 Å². The fraction of sp³-hybridized carbons (Fsp3) is 0.500. The van der Waals surface area contributed by atoms with Crippen LogP contribution in [0.2, 0.25) is 0 Å². The number of hydrogen-bond acceptors (Lipinski definition) is 4. The zero-order valence-electron chi connectivity index (χ0n) is 15.5. The van der Waals surface area contributed by atoms with Crippen LogP contribution in [0.1, 0.15) is 61.4 Å². The molecule has 7 heteroatoms. The highest BCUT2D eigenvalue weighted by Crippen LogP contribution is 2.41. The number of benzene rings is 1. The van der Waals surface area contributed by atoms with Crippen molar-refractivity contribution in [3.8, 4) is 5.75 Å². The van der Waals surface area contributed by atoms with E-state index in [9.17, 15) is 9.59 Å². The lowest BCUT2D eigenvalue weighted by Gasteiger charge is -2.24. The van der Waals surface area contributed by atoms with Crippen LogP contribution in [0.3, 0.4) is 0 Å². The number of anilines is 1. The predicted molar refractivity (Wildman–Crippen MR) is 108 cm³/mol. The molecule has 1 amide bonds. The van der Waals surface area contributed by atoms with Crippen molar-refractivity contribution in [2.75, 3.05) is 17.7 Å². The molecular weight excluding hydrogens is 362 g/mol. The highest BCUT2D eigenvalue weighted by molar-refractivity contribution is 8.00. The van der Waals surface area contributed by atoms with E-state index in [-0.39, 0.29) is 22.8 Å². The summed E-state index contributed by atoms with van der Waals surface area (Å²) in [7, 11) is 0. The van der Waals surface area contributed by atoms with Crippen LogP contribution < -0.4 is 15.6 Å². The third kappa shape index (κ3) is 3.65. The van der Waals surface area contributed by atoms with E-state index in [1.165, 1.54) is 18.2 Å². The number of nitrogens with zero attached hydrogens (tertiary/aromatic N) is 1. The van der Waals surface area contributed by atoms with E-state index in [0.29, 0.717) is 23.7 Å². The molecule has 2 aromatic rings. The van der Waals surface area contributed by atoms with Crippen LogP contribution in [0.15, 0.2) is 29.1 Å². The highest BCUT2D eigenvalue weighted by atomic mass is 32.2. The number of thioether (sulfide) groups is 1. The standard InChI is InChI=1S/C20H25N3O3S/c1-2-26-15-10-8-13(9-11-15)18-17-19(21-16(24)12-27-18)23(22-20(17)25)14-6-4-3-5-7-14/h8-11,14,18H,2-7,12H2,1H3,(H,21,24)(H,22,25). The van der Waals surface area contributed by atoms with Crippen LogP contribution in [-0.2, 0) is 4.79 Å². The average molecular weight is 388 g/mol. The number of H-pyrrole nitrogens is 1. The fourth-order valence-corrected chi connectivity index (χ4v) is 5.15. The molecule has 1 fully saturated rings. The number of rotatable bonds is 4. The van der Waals surface area contributed by atoms with Gasteiger partial charge in [-0.2, -0.15) is 0 Å². The molecule has 6 nitrogen and oxygen atoms in total. The topological polar surface area (TPSA) is 76.1 Å². The summed E-state index contributed by atoms with van der Waals surface area (Å²) >= 11 is 1.50. The van der Waals surface area contributed by atoms with Gasteiger partial charge in [0, 0.05) is 0 Å². The van der Waals surface area contributed by atoms with Crippen molar-refractivity contribution in [3.63, 3.8) is 0 Å². The van der Waals surface area contributed by atoms with Crippen molar-refractivity contribution >= 4 is 23.5 Å². The molecule has 0 saturated heterocycles. The van der Waals surface area contributed by atoms with E-state index in [1.54, 1.807) is 0 Å². The van der Waals surface area contributed by atoms with Crippen molar-refractivity contribution in [2.24, 2.45) is 0 Å². The molecular formula is C20H25N3O3S. The Morgan fingerprint density at radius 2 is 1.89 bits per heavy atom. The zero-order chi connectivity index (χ0) is 18.8. The van der Waals surface area contributed by atoms with E-state index in [1.807, 2.05) is 35.9 Å². The Kier molecular flexibility index (Phi) is 5.29. The van der Waals surface area contributed by atoms with E-state index in [0.717, 1.165) is 37.0 Å². The number of carbonyl (C=O) groups excluding carboxylic acids is 1. The lowest BCUT2D eigenvalue weighted by Crippen LogP contribution is -2.21. The van der Waals surface area contributed by atoms with Crippen molar-refractivity contribution in [1.29, 1.82) is 0 Å². The number of aromatic amines is 1. The fourth-order valence-electron chi connectivity index (χ4n) is 4.03. The smallest absolute Gasteiger partial charge is 0.270 e.